The number of carbonyl (C=O) groups excluding carboxylic acids is 2. The molecule has 0 heterocycles. The van der Waals surface area contributed by atoms with E-state index in [0.717, 1.165) is 22.3 Å². The Labute approximate surface area is 153 Å². The number of rotatable bonds is 4. The molecule has 0 aliphatic heterocycles. The fourth-order valence-corrected chi connectivity index (χ4v) is 2.87. The van der Waals surface area contributed by atoms with Crippen LogP contribution < -0.4 is 5.32 Å². The van der Waals surface area contributed by atoms with Crippen molar-refractivity contribution in [2.75, 3.05) is 11.9 Å². The van der Waals surface area contributed by atoms with E-state index in [2.05, 4.69) is 5.32 Å². The van der Waals surface area contributed by atoms with Gasteiger partial charge in [0, 0.05) is 10.7 Å². The standard InChI is InChI=1S/C20H22ClNO3/c1-11-12(2)14(4)19(15(5)13(11)3)20(24)25-10-18(23)22-17-8-6-16(21)7-9-17/h6-9H,10H2,1-5H3,(H,22,23). The summed E-state index contributed by atoms with van der Waals surface area (Å²) in [5.74, 6) is -0.876. The first kappa shape index (κ1) is 19.0. The van der Waals surface area contributed by atoms with Crippen LogP contribution in [0, 0.1) is 34.6 Å². The van der Waals surface area contributed by atoms with Gasteiger partial charge in [-0.3, -0.25) is 4.79 Å². The van der Waals surface area contributed by atoms with Crippen molar-refractivity contribution in [2.45, 2.75) is 34.6 Å². The molecule has 0 radical (unpaired) electrons. The fourth-order valence-electron chi connectivity index (χ4n) is 2.74. The zero-order chi connectivity index (χ0) is 18.7. The molecule has 25 heavy (non-hydrogen) atoms. The molecule has 0 aliphatic carbocycles. The Morgan fingerprint density at radius 2 is 1.36 bits per heavy atom. The van der Waals surface area contributed by atoms with Crippen LogP contribution in [0.2, 0.25) is 5.02 Å². The smallest absolute Gasteiger partial charge is 0.339 e. The third-order valence-electron chi connectivity index (χ3n) is 4.67. The van der Waals surface area contributed by atoms with Gasteiger partial charge in [-0.05, 0) is 86.7 Å². The van der Waals surface area contributed by atoms with Gasteiger partial charge in [0.2, 0.25) is 0 Å². The molecule has 0 fully saturated rings. The van der Waals surface area contributed by atoms with Crippen molar-refractivity contribution >= 4 is 29.2 Å². The minimum absolute atomic E-state index is 0.341. The lowest BCUT2D eigenvalue weighted by Gasteiger charge is -2.17. The second kappa shape index (κ2) is 7.70. The average molecular weight is 360 g/mol. The summed E-state index contributed by atoms with van der Waals surface area (Å²) in [5, 5.41) is 3.25. The highest BCUT2D eigenvalue weighted by Gasteiger charge is 2.20. The fraction of sp³-hybridized carbons (Fsp3) is 0.300. The van der Waals surface area contributed by atoms with Gasteiger partial charge in [-0.2, -0.15) is 0 Å². The van der Waals surface area contributed by atoms with E-state index in [-0.39, 0.29) is 6.61 Å². The second-order valence-electron chi connectivity index (χ2n) is 6.13. The molecular weight excluding hydrogens is 338 g/mol. The maximum atomic E-state index is 12.5. The lowest BCUT2D eigenvalue weighted by Crippen LogP contribution is -2.22. The lowest BCUT2D eigenvalue weighted by molar-refractivity contribution is -0.119. The number of amides is 1. The number of nitrogens with one attached hydrogen (secondary N) is 1. The van der Waals surface area contributed by atoms with E-state index in [9.17, 15) is 9.59 Å². The van der Waals surface area contributed by atoms with Crippen LogP contribution in [-0.2, 0) is 9.53 Å². The molecule has 2 rings (SSSR count). The van der Waals surface area contributed by atoms with Crippen LogP contribution in [0.5, 0.6) is 0 Å². The summed E-state index contributed by atoms with van der Waals surface area (Å²) in [6.45, 7) is 9.48. The zero-order valence-electron chi connectivity index (χ0n) is 15.1. The molecule has 5 heteroatoms. The van der Waals surface area contributed by atoms with Gasteiger partial charge in [-0.1, -0.05) is 11.6 Å². The highest BCUT2D eigenvalue weighted by molar-refractivity contribution is 6.30. The number of anilines is 1. The molecule has 0 saturated heterocycles. The number of ether oxygens (including phenoxy) is 1. The number of benzene rings is 2. The first-order valence-electron chi connectivity index (χ1n) is 8.01. The van der Waals surface area contributed by atoms with Crippen LogP contribution in [0.1, 0.15) is 38.2 Å². The Morgan fingerprint density at radius 3 is 1.88 bits per heavy atom. The average Bonchev–Trinajstić information content (AvgIpc) is 2.58. The number of carbonyl (C=O) groups is 2. The van der Waals surface area contributed by atoms with Crippen molar-refractivity contribution in [1.29, 1.82) is 0 Å². The lowest BCUT2D eigenvalue weighted by atomic mass is 9.90. The van der Waals surface area contributed by atoms with Crippen LogP contribution in [0.15, 0.2) is 24.3 Å². The monoisotopic (exact) mass is 359 g/mol. The van der Waals surface area contributed by atoms with Gasteiger partial charge in [-0.25, -0.2) is 4.79 Å². The van der Waals surface area contributed by atoms with E-state index < -0.39 is 11.9 Å². The largest absolute Gasteiger partial charge is 0.452 e. The van der Waals surface area contributed by atoms with Crippen molar-refractivity contribution in [1.82, 2.24) is 0 Å². The van der Waals surface area contributed by atoms with Crippen molar-refractivity contribution in [3.63, 3.8) is 0 Å². The van der Waals surface area contributed by atoms with E-state index in [4.69, 9.17) is 16.3 Å². The molecule has 0 unspecified atom stereocenters. The van der Waals surface area contributed by atoms with Crippen molar-refractivity contribution in [3.8, 4) is 0 Å². The molecule has 0 saturated carbocycles. The van der Waals surface area contributed by atoms with Crippen LogP contribution in [0.25, 0.3) is 0 Å². The van der Waals surface area contributed by atoms with Crippen molar-refractivity contribution < 1.29 is 14.3 Å². The topological polar surface area (TPSA) is 55.4 Å². The summed E-state index contributed by atoms with van der Waals surface area (Å²) in [4.78, 5) is 24.5. The number of hydrogen-bond acceptors (Lipinski definition) is 3. The van der Waals surface area contributed by atoms with Gasteiger partial charge in [-0.15, -0.1) is 0 Å². The first-order chi connectivity index (χ1) is 11.7. The molecular formula is C20H22ClNO3. The minimum Gasteiger partial charge on any atom is -0.452 e. The molecule has 2 aromatic carbocycles. The van der Waals surface area contributed by atoms with Crippen molar-refractivity contribution in [3.05, 3.63) is 62.7 Å². The summed E-state index contributed by atoms with van der Waals surface area (Å²) < 4.78 is 5.22. The Kier molecular flexibility index (Phi) is 5.85. The van der Waals surface area contributed by atoms with E-state index in [1.54, 1.807) is 24.3 Å². The number of esters is 1. The molecule has 0 spiro atoms. The van der Waals surface area contributed by atoms with E-state index in [0.29, 0.717) is 16.3 Å². The molecule has 2 aromatic rings. The second-order valence-corrected chi connectivity index (χ2v) is 6.57. The summed E-state index contributed by atoms with van der Waals surface area (Å²) >= 11 is 5.80. The van der Waals surface area contributed by atoms with Gasteiger partial charge in [0.15, 0.2) is 6.61 Å². The molecule has 1 N–H and O–H groups in total. The van der Waals surface area contributed by atoms with Crippen LogP contribution in [0.3, 0.4) is 0 Å². The van der Waals surface area contributed by atoms with Crippen LogP contribution in [0.4, 0.5) is 5.69 Å². The zero-order valence-corrected chi connectivity index (χ0v) is 15.9. The molecule has 132 valence electrons. The van der Waals surface area contributed by atoms with E-state index in [1.807, 2.05) is 34.6 Å². The Hall–Kier alpha value is -2.33. The van der Waals surface area contributed by atoms with Gasteiger partial charge < -0.3 is 10.1 Å². The molecule has 4 nitrogen and oxygen atoms in total. The van der Waals surface area contributed by atoms with Crippen LogP contribution in [-0.4, -0.2) is 18.5 Å². The molecule has 0 aromatic heterocycles. The molecule has 1 amide bonds. The van der Waals surface area contributed by atoms with Crippen molar-refractivity contribution in [2.24, 2.45) is 0 Å². The first-order valence-corrected chi connectivity index (χ1v) is 8.39. The minimum atomic E-state index is -0.479. The van der Waals surface area contributed by atoms with E-state index >= 15 is 0 Å². The summed E-state index contributed by atoms with van der Waals surface area (Å²) in [6.07, 6.45) is 0. The maximum absolute atomic E-state index is 12.5. The highest BCUT2D eigenvalue weighted by Crippen LogP contribution is 2.26. The van der Waals surface area contributed by atoms with Gasteiger partial charge >= 0.3 is 5.97 Å². The molecule has 0 atom stereocenters. The predicted octanol–water partition coefficient (Wildman–Crippen LogP) is 4.68. The van der Waals surface area contributed by atoms with Gasteiger partial charge in [0.1, 0.15) is 0 Å². The third kappa shape index (κ3) is 4.20. The normalized spacial score (nSPS) is 10.5. The summed E-state index contributed by atoms with van der Waals surface area (Å²) in [6, 6.07) is 6.72. The van der Waals surface area contributed by atoms with Gasteiger partial charge in [0.25, 0.3) is 5.91 Å². The predicted molar refractivity (Wildman–Crippen MR) is 100 cm³/mol. The Morgan fingerprint density at radius 1 is 0.880 bits per heavy atom. The third-order valence-corrected chi connectivity index (χ3v) is 4.92. The number of halogens is 1. The maximum Gasteiger partial charge on any atom is 0.339 e. The Balaban J connectivity index is 2.08. The SMILES string of the molecule is Cc1c(C)c(C)c(C(=O)OCC(=O)Nc2ccc(Cl)cc2)c(C)c1C. The number of hydrogen-bond donors (Lipinski definition) is 1. The van der Waals surface area contributed by atoms with Gasteiger partial charge in [0.05, 0.1) is 5.56 Å². The summed E-state index contributed by atoms with van der Waals surface area (Å²) in [5.41, 5.74) is 6.24. The highest BCUT2D eigenvalue weighted by atomic mass is 35.5. The summed E-state index contributed by atoms with van der Waals surface area (Å²) in [7, 11) is 0. The quantitative estimate of drug-likeness (QED) is 0.806. The molecule has 0 bridgehead atoms. The van der Waals surface area contributed by atoms with Crippen LogP contribution >= 0.6 is 11.6 Å². The Bertz CT molecular complexity index is 797. The molecule has 0 aliphatic rings. The van der Waals surface area contributed by atoms with E-state index in [1.165, 1.54) is 5.56 Å².